The van der Waals surface area contributed by atoms with Crippen molar-refractivity contribution in [2.75, 3.05) is 32.8 Å². The van der Waals surface area contributed by atoms with Gasteiger partial charge in [0.25, 0.3) is 6.20 Å². The zero-order valence-corrected chi connectivity index (χ0v) is 27.8. The van der Waals surface area contributed by atoms with Gasteiger partial charge in [-0.05, 0) is 48.2 Å². The number of halogens is 2. The summed E-state index contributed by atoms with van der Waals surface area (Å²) in [5.41, 5.74) is 2.32. The van der Waals surface area contributed by atoms with E-state index in [1.807, 2.05) is 58.3 Å². The van der Waals surface area contributed by atoms with E-state index >= 15 is 0 Å². The molecule has 0 spiro atoms. The lowest BCUT2D eigenvalue weighted by atomic mass is 10.2. The molecule has 47 heavy (non-hydrogen) atoms. The maximum atomic E-state index is 11.4. The molecule has 5 rings (SSSR count). The summed E-state index contributed by atoms with van der Waals surface area (Å²) in [4.78, 5) is 46.3. The van der Waals surface area contributed by atoms with E-state index in [-0.39, 0.29) is 23.5 Å². The van der Waals surface area contributed by atoms with E-state index in [1.165, 1.54) is 0 Å². The third-order valence-electron chi connectivity index (χ3n) is 7.43. The average molecular weight is 692 g/mol. The first kappa shape index (κ1) is 37.3. The molecule has 1 atom stereocenters. The first-order chi connectivity index (χ1) is 22.7. The molecule has 0 amide bonds. The van der Waals surface area contributed by atoms with Gasteiger partial charge in [-0.1, -0.05) is 60.8 Å². The van der Waals surface area contributed by atoms with Gasteiger partial charge in [0.1, 0.15) is 25.4 Å². The first-order valence-electron chi connectivity index (χ1n) is 15.4. The molecule has 0 radical (unpaired) electrons. The Kier molecular flexibility index (Phi) is 15.4. The van der Waals surface area contributed by atoms with E-state index in [9.17, 15) is 29.8 Å². The number of nitrogens with one attached hydrogen (secondary N) is 1. The fourth-order valence-corrected chi connectivity index (χ4v) is 5.45. The van der Waals surface area contributed by atoms with Crippen LogP contribution < -0.4 is 5.32 Å². The van der Waals surface area contributed by atoms with E-state index in [4.69, 9.17) is 27.9 Å². The Morgan fingerprint density at radius 2 is 1.47 bits per heavy atom. The van der Waals surface area contributed by atoms with Crippen molar-refractivity contribution in [2.45, 2.75) is 58.3 Å². The highest BCUT2D eigenvalue weighted by molar-refractivity contribution is 6.30. The average Bonchev–Trinajstić information content (AvgIpc) is 3.67. The lowest BCUT2D eigenvalue weighted by Crippen LogP contribution is -2.42. The number of hydrogen-bond donors (Lipinski definition) is 1. The largest absolute Gasteiger partial charge is 0.365 e. The molecule has 254 valence electrons. The number of nitrogens with zero attached hydrogens (tertiary/aromatic N) is 5. The number of benzene rings is 2. The van der Waals surface area contributed by atoms with Gasteiger partial charge in [-0.25, -0.2) is 0 Å². The predicted octanol–water partition coefficient (Wildman–Crippen LogP) is 5.44. The van der Waals surface area contributed by atoms with E-state index in [0.717, 1.165) is 74.7 Å². The van der Waals surface area contributed by atoms with E-state index in [1.54, 1.807) is 0 Å². The van der Waals surface area contributed by atoms with Crippen LogP contribution >= 0.6 is 23.2 Å². The fraction of sp³-hybridized carbons (Fsp3) is 0.438. The maximum absolute atomic E-state index is 11.4. The van der Waals surface area contributed by atoms with Gasteiger partial charge in [0, 0.05) is 62.2 Å². The molecule has 15 heteroatoms. The SMILES string of the molecule is CCC[C@H]1OCC([N+](=O)[O-])=C2N(Cc3ccc(Cl)cc3)CCN21.O=CCCCC=O.O=[N+]([O-])/C=C1\NCCN1Cc1ccc(Cl)cc1. The van der Waals surface area contributed by atoms with Crippen molar-refractivity contribution in [3.63, 3.8) is 0 Å². The third-order valence-corrected chi connectivity index (χ3v) is 7.93. The Balaban J connectivity index is 0.000000219. The van der Waals surface area contributed by atoms with Crippen LogP contribution in [0.5, 0.6) is 0 Å². The molecule has 2 aromatic rings. The molecule has 3 aliphatic heterocycles. The second-order valence-corrected chi connectivity index (χ2v) is 11.7. The highest BCUT2D eigenvalue weighted by Crippen LogP contribution is 2.32. The smallest absolute Gasteiger partial charge is 0.311 e. The van der Waals surface area contributed by atoms with Gasteiger partial charge >= 0.3 is 5.70 Å². The topological polar surface area (TPSA) is 151 Å². The molecule has 3 heterocycles. The number of ether oxygens (including phenoxy) is 1. The van der Waals surface area contributed by atoms with Crippen LogP contribution in [0.4, 0.5) is 0 Å². The van der Waals surface area contributed by atoms with Gasteiger partial charge in [0.15, 0.2) is 11.6 Å². The lowest BCUT2D eigenvalue weighted by Gasteiger charge is -2.34. The summed E-state index contributed by atoms with van der Waals surface area (Å²) in [7, 11) is 0. The van der Waals surface area contributed by atoms with E-state index in [2.05, 4.69) is 17.1 Å². The summed E-state index contributed by atoms with van der Waals surface area (Å²) >= 11 is 11.7. The second-order valence-electron chi connectivity index (χ2n) is 10.9. The number of unbranched alkanes of at least 4 members (excludes halogenated alkanes) is 2. The molecule has 0 unspecified atom stereocenters. The number of hydrogen-bond acceptors (Lipinski definition) is 11. The van der Waals surface area contributed by atoms with Crippen LogP contribution in [-0.4, -0.2) is 76.1 Å². The highest BCUT2D eigenvalue weighted by Gasteiger charge is 2.41. The van der Waals surface area contributed by atoms with Crippen LogP contribution in [-0.2, 0) is 27.4 Å². The summed E-state index contributed by atoms with van der Waals surface area (Å²) in [6.45, 7) is 6.46. The fourth-order valence-electron chi connectivity index (χ4n) is 5.20. The van der Waals surface area contributed by atoms with Crippen molar-refractivity contribution >= 4 is 35.8 Å². The molecule has 0 aromatic heterocycles. The minimum atomic E-state index is -0.442. The van der Waals surface area contributed by atoms with Crippen molar-refractivity contribution < 1.29 is 24.2 Å². The Bertz CT molecular complexity index is 1400. The minimum Gasteiger partial charge on any atom is -0.365 e. The quantitative estimate of drug-likeness (QED) is 0.131. The highest BCUT2D eigenvalue weighted by atomic mass is 35.5. The molecule has 2 saturated heterocycles. The van der Waals surface area contributed by atoms with Crippen molar-refractivity contribution in [1.82, 2.24) is 20.0 Å². The van der Waals surface area contributed by atoms with Gasteiger partial charge in [-0.3, -0.25) is 20.2 Å². The van der Waals surface area contributed by atoms with Gasteiger partial charge in [-0.15, -0.1) is 0 Å². The van der Waals surface area contributed by atoms with Crippen LogP contribution in [0.25, 0.3) is 0 Å². The number of fused-ring (bicyclic) bond motifs is 1. The van der Waals surface area contributed by atoms with Crippen LogP contribution in [0.3, 0.4) is 0 Å². The zero-order valence-electron chi connectivity index (χ0n) is 26.3. The minimum absolute atomic E-state index is 0.0612. The number of rotatable bonds is 12. The summed E-state index contributed by atoms with van der Waals surface area (Å²) in [5, 5.41) is 26.2. The van der Waals surface area contributed by atoms with Crippen molar-refractivity contribution in [1.29, 1.82) is 0 Å². The summed E-state index contributed by atoms with van der Waals surface area (Å²) in [5.74, 6) is 1.28. The number of carbonyl (C=O) groups excluding carboxylic acids is 2. The number of aldehydes is 2. The molecule has 0 aliphatic carbocycles. The van der Waals surface area contributed by atoms with Gasteiger partial charge in [-0.2, -0.15) is 0 Å². The van der Waals surface area contributed by atoms with Gasteiger partial charge in [0.2, 0.25) is 0 Å². The summed E-state index contributed by atoms with van der Waals surface area (Å²) in [6.07, 6.45) is 6.18. The molecule has 2 fully saturated rings. The van der Waals surface area contributed by atoms with Crippen LogP contribution in [0.15, 0.2) is 72.1 Å². The van der Waals surface area contributed by atoms with Crippen molar-refractivity contribution in [3.05, 3.63) is 113 Å². The van der Waals surface area contributed by atoms with Crippen molar-refractivity contribution in [2.24, 2.45) is 0 Å². The Morgan fingerprint density at radius 3 is 1.98 bits per heavy atom. The van der Waals surface area contributed by atoms with Crippen LogP contribution in [0, 0.1) is 20.2 Å². The standard InChI is InChI=1S/C16H20ClN3O3.C11H12ClN3O2.C5H8O2/c1-2-3-15-19-9-8-18(10-12-4-6-13(17)7-5-12)16(19)14(11-23-15)20(21)22;12-10-3-1-9(2-4-10)7-14-6-5-13-11(14)8-15(16)17;6-4-2-1-3-5-7/h4-7,15H,2-3,8-11H2,1H3;1-4,8,13H,5-7H2;4-5H,1-3H2/b;11-8+;/t15-;;/m1../s1. The molecule has 0 bridgehead atoms. The van der Waals surface area contributed by atoms with E-state index < -0.39 is 4.92 Å². The third kappa shape index (κ3) is 11.8. The Hall–Kier alpha value is -4.20. The molecule has 3 aliphatic rings. The number of carbonyl (C=O) groups is 2. The lowest BCUT2D eigenvalue weighted by molar-refractivity contribution is -0.438. The molecule has 0 saturated carbocycles. The normalized spacial score (nSPS) is 17.6. The Labute approximate surface area is 284 Å². The van der Waals surface area contributed by atoms with Gasteiger partial charge in [0.05, 0.1) is 9.85 Å². The maximum Gasteiger partial charge on any atom is 0.311 e. The molecular formula is C32H40Cl2N6O7. The van der Waals surface area contributed by atoms with Crippen molar-refractivity contribution in [3.8, 4) is 0 Å². The Morgan fingerprint density at radius 1 is 0.894 bits per heavy atom. The van der Waals surface area contributed by atoms with Gasteiger partial charge < -0.3 is 34.3 Å². The predicted molar refractivity (Wildman–Crippen MR) is 178 cm³/mol. The molecular weight excluding hydrogens is 651 g/mol. The van der Waals surface area contributed by atoms with Crippen LogP contribution in [0.2, 0.25) is 10.0 Å². The second kappa shape index (κ2) is 19.5. The summed E-state index contributed by atoms with van der Waals surface area (Å²) < 4.78 is 5.70. The monoisotopic (exact) mass is 690 g/mol. The van der Waals surface area contributed by atoms with E-state index in [0.29, 0.717) is 48.2 Å². The number of nitro groups is 2. The van der Waals surface area contributed by atoms with Crippen LogP contribution in [0.1, 0.15) is 50.2 Å². The molecule has 1 N–H and O–H groups in total. The molecule has 13 nitrogen and oxygen atoms in total. The first-order valence-corrected chi connectivity index (χ1v) is 16.1. The molecule has 2 aromatic carbocycles. The summed E-state index contributed by atoms with van der Waals surface area (Å²) in [6, 6.07) is 15.1. The zero-order chi connectivity index (χ0) is 34.2.